The van der Waals surface area contributed by atoms with Crippen molar-refractivity contribution in [3.63, 3.8) is 0 Å². The minimum atomic E-state index is -0.275. The number of likely N-dealkylation sites (N-methyl/N-ethyl adjacent to an activating group) is 1. The van der Waals surface area contributed by atoms with E-state index in [1.165, 1.54) is 0 Å². The van der Waals surface area contributed by atoms with Crippen LogP contribution in [0.15, 0.2) is 24.3 Å². The van der Waals surface area contributed by atoms with Gasteiger partial charge in [-0.15, -0.1) is 0 Å². The molecule has 2 rings (SSSR count). The van der Waals surface area contributed by atoms with Gasteiger partial charge in [-0.1, -0.05) is 18.2 Å². The van der Waals surface area contributed by atoms with Gasteiger partial charge in [-0.25, -0.2) is 0 Å². The lowest BCUT2D eigenvalue weighted by molar-refractivity contribution is -0.119. The number of rotatable bonds is 4. The molecule has 0 aliphatic carbocycles. The number of para-hydroxylation sites is 1. The van der Waals surface area contributed by atoms with E-state index in [9.17, 15) is 4.79 Å². The molecule has 1 atom stereocenters. The SMILES string of the molecule is COc1ccccc1[C@@H]1CN(CC(N)=O)CCN1C. The monoisotopic (exact) mass is 263 g/mol. The van der Waals surface area contributed by atoms with Crippen molar-refractivity contribution >= 4 is 5.91 Å². The van der Waals surface area contributed by atoms with Gasteiger partial charge in [0.2, 0.25) is 5.91 Å². The maximum absolute atomic E-state index is 11.1. The van der Waals surface area contributed by atoms with Crippen molar-refractivity contribution in [2.75, 3.05) is 40.3 Å². The van der Waals surface area contributed by atoms with Crippen LogP contribution >= 0.6 is 0 Å². The molecule has 1 heterocycles. The Morgan fingerprint density at radius 2 is 2.16 bits per heavy atom. The topological polar surface area (TPSA) is 58.8 Å². The lowest BCUT2D eigenvalue weighted by Crippen LogP contribution is -2.49. The Labute approximate surface area is 113 Å². The van der Waals surface area contributed by atoms with Crippen LogP contribution in [-0.2, 0) is 4.79 Å². The van der Waals surface area contributed by atoms with E-state index in [0.717, 1.165) is 30.9 Å². The highest BCUT2D eigenvalue weighted by molar-refractivity contribution is 5.75. The predicted octanol–water partition coefficient (Wildman–Crippen LogP) is 0.469. The Morgan fingerprint density at radius 1 is 1.42 bits per heavy atom. The summed E-state index contributed by atoms with van der Waals surface area (Å²) in [6, 6.07) is 8.25. The molecule has 2 N–H and O–H groups in total. The number of amides is 1. The highest BCUT2D eigenvalue weighted by Crippen LogP contribution is 2.30. The van der Waals surface area contributed by atoms with Crippen LogP contribution in [0.5, 0.6) is 5.75 Å². The number of nitrogens with two attached hydrogens (primary N) is 1. The number of carbonyl (C=O) groups is 1. The van der Waals surface area contributed by atoms with Crippen molar-refractivity contribution < 1.29 is 9.53 Å². The van der Waals surface area contributed by atoms with Crippen molar-refractivity contribution in [1.29, 1.82) is 0 Å². The number of benzene rings is 1. The fourth-order valence-electron chi connectivity index (χ4n) is 2.57. The fraction of sp³-hybridized carbons (Fsp3) is 0.500. The van der Waals surface area contributed by atoms with Gasteiger partial charge in [-0.05, 0) is 13.1 Å². The molecule has 0 saturated carbocycles. The van der Waals surface area contributed by atoms with E-state index in [1.54, 1.807) is 7.11 Å². The van der Waals surface area contributed by atoms with Crippen LogP contribution in [0.4, 0.5) is 0 Å². The molecule has 5 heteroatoms. The van der Waals surface area contributed by atoms with Gasteiger partial charge in [0.25, 0.3) is 0 Å². The number of nitrogens with zero attached hydrogens (tertiary/aromatic N) is 2. The van der Waals surface area contributed by atoms with Crippen LogP contribution in [0, 0.1) is 0 Å². The largest absolute Gasteiger partial charge is 0.496 e. The summed E-state index contributed by atoms with van der Waals surface area (Å²) in [5, 5.41) is 0. The van der Waals surface area contributed by atoms with Crippen LogP contribution in [0.2, 0.25) is 0 Å². The quantitative estimate of drug-likeness (QED) is 0.858. The van der Waals surface area contributed by atoms with E-state index in [0.29, 0.717) is 6.54 Å². The van der Waals surface area contributed by atoms with Crippen molar-refractivity contribution in [1.82, 2.24) is 9.80 Å². The summed E-state index contributed by atoms with van der Waals surface area (Å²) in [7, 11) is 3.78. The van der Waals surface area contributed by atoms with Crippen LogP contribution in [-0.4, -0.2) is 56.0 Å². The summed E-state index contributed by atoms with van der Waals surface area (Å²) < 4.78 is 5.43. The molecule has 1 aromatic rings. The number of hydrogen-bond acceptors (Lipinski definition) is 4. The molecule has 0 aromatic heterocycles. The lowest BCUT2D eigenvalue weighted by Gasteiger charge is -2.39. The summed E-state index contributed by atoms with van der Waals surface area (Å²) in [5.41, 5.74) is 6.43. The molecule has 104 valence electrons. The number of piperazine rings is 1. The van der Waals surface area contributed by atoms with Gasteiger partial charge in [0, 0.05) is 25.2 Å². The Hall–Kier alpha value is -1.59. The molecule has 0 bridgehead atoms. The molecule has 1 aliphatic heterocycles. The second-order valence-electron chi connectivity index (χ2n) is 4.94. The molecule has 0 radical (unpaired) electrons. The Kier molecular flexibility index (Phi) is 4.39. The summed E-state index contributed by atoms with van der Waals surface area (Å²) in [5.74, 6) is 0.614. The minimum absolute atomic E-state index is 0.226. The third kappa shape index (κ3) is 3.24. The van der Waals surface area contributed by atoms with Gasteiger partial charge in [0.05, 0.1) is 19.7 Å². The molecule has 5 nitrogen and oxygen atoms in total. The van der Waals surface area contributed by atoms with Gasteiger partial charge >= 0.3 is 0 Å². The van der Waals surface area contributed by atoms with Gasteiger partial charge in [0.1, 0.15) is 5.75 Å². The zero-order valence-corrected chi connectivity index (χ0v) is 11.5. The molecule has 1 saturated heterocycles. The van der Waals surface area contributed by atoms with Crippen molar-refractivity contribution in [2.45, 2.75) is 6.04 Å². The van der Waals surface area contributed by atoms with E-state index in [-0.39, 0.29) is 11.9 Å². The average Bonchev–Trinajstić information content (AvgIpc) is 2.40. The second kappa shape index (κ2) is 6.04. The highest BCUT2D eigenvalue weighted by Gasteiger charge is 2.28. The molecular formula is C14H21N3O2. The van der Waals surface area contributed by atoms with E-state index < -0.39 is 0 Å². The average molecular weight is 263 g/mol. The number of ether oxygens (including phenoxy) is 1. The van der Waals surface area contributed by atoms with Crippen LogP contribution < -0.4 is 10.5 Å². The lowest BCUT2D eigenvalue weighted by atomic mass is 10.0. The number of methoxy groups -OCH3 is 1. The van der Waals surface area contributed by atoms with Crippen LogP contribution in [0.25, 0.3) is 0 Å². The van der Waals surface area contributed by atoms with Gasteiger partial charge in [0.15, 0.2) is 0 Å². The van der Waals surface area contributed by atoms with E-state index in [4.69, 9.17) is 10.5 Å². The van der Waals surface area contributed by atoms with Gasteiger partial charge < -0.3 is 10.5 Å². The normalized spacial score (nSPS) is 21.3. The van der Waals surface area contributed by atoms with Crippen LogP contribution in [0.3, 0.4) is 0 Å². The van der Waals surface area contributed by atoms with E-state index in [1.807, 2.05) is 18.2 Å². The second-order valence-corrected chi connectivity index (χ2v) is 4.94. The maximum atomic E-state index is 11.1. The van der Waals surface area contributed by atoms with Crippen LogP contribution in [0.1, 0.15) is 11.6 Å². The zero-order chi connectivity index (χ0) is 13.8. The Balaban J connectivity index is 2.18. The van der Waals surface area contributed by atoms with E-state index >= 15 is 0 Å². The first-order valence-electron chi connectivity index (χ1n) is 6.45. The van der Waals surface area contributed by atoms with Gasteiger partial charge in [-0.3, -0.25) is 14.6 Å². The third-order valence-electron chi connectivity index (χ3n) is 3.61. The smallest absolute Gasteiger partial charge is 0.231 e. The first kappa shape index (κ1) is 13.8. The Morgan fingerprint density at radius 3 is 2.84 bits per heavy atom. The van der Waals surface area contributed by atoms with Crippen molar-refractivity contribution in [2.24, 2.45) is 5.73 Å². The molecule has 1 fully saturated rings. The summed E-state index contributed by atoms with van der Waals surface area (Å²) in [6.45, 7) is 2.89. The fourth-order valence-corrected chi connectivity index (χ4v) is 2.57. The first-order chi connectivity index (χ1) is 9.11. The Bertz CT molecular complexity index is 450. The predicted molar refractivity (Wildman–Crippen MR) is 74.0 cm³/mol. The zero-order valence-electron chi connectivity index (χ0n) is 11.5. The van der Waals surface area contributed by atoms with Crippen molar-refractivity contribution in [3.8, 4) is 5.75 Å². The summed E-state index contributed by atoms with van der Waals surface area (Å²) in [6.07, 6.45) is 0. The molecule has 0 unspecified atom stereocenters. The molecule has 1 aliphatic rings. The summed E-state index contributed by atoms with van der Waals surface area (Å²) in [4.78, 5) is 15.4. The number of primary amides is 1. The highest BCUT2D eigenvalue weighted by atomic mass is 16.5. The van der Waals surface area contributed by atoms with E-state index in [2.05, 4.69) is 22.9 Å². The molecule has 19 heavy (non-hydrogen) atoms. The molecule has 1 amide bonds. The molecule has 1 aromatic carbocycles. The minimum Gasteiger partial charge on any atom is -0.496 e. The number of hydrogen-bond donors (Lipinski definition) is 1. The third-order valence-corrected chi connectivity index (χ3v) is 3.61. The van der Waals surface area contributed by atoms with Crippen molar-refractivity contribution in [3.05, 3.63) is 29.8 Å². The van der Waals surface area contributed by atoms with Gasteiger partial charge in [-0.2, -0.15) is 0 Å². The number of carbonyl (C=O) groups excluding carboxylic acids is 1. The summed E-state index contributed by atoms with van der Waals surface area (Å²) >= 11 is 0. The molecule has 0 spiro atoms. The first-order valence-corrected chi connectivity index (χ1v) is 6.45. The standard InChI is InChI=1S/C14H21N3O2/c1-16-7-8-17(10-14(15)18)9-12(16)11-5-3-4-6-13(11)19-2/h3-6,12H,7-10H2,1-2H3,(H2,15,18)/t12-/m0/s1. The maximum Gasteiger partial charge on any atom is 0.231 e. The molecular weight excluding hydrogens is 242 g/mol.